The number of ether oxygens (including phenoxy) is 2. The maximum Gasteiger partial charge on any atom is 0.410 e. The zero-order valence-corrected chi connectivity index (χ0v) is 23.9. The molecule has 0 bridgehead atoms. The molecule has 3 aliphatic carbocycles. The van der Waals surface area contributed by atoms with E-state index in [1.807, 2.05) is 6.07 Å². The standard InChI is InChI=1S/C28H37N3O8S/c1-27(2,40-30-36)23-14-38-26(35)31(23)10-11-37-25(34)15-39-29-22-13-19-18(17-5-4-16(32)12-20(17)22)8-9-28(3)21(19)6-7-24(28)33/h4-5,12,18-19,21,23-24,32-33H,6-11,13-15H2,1-3H3/t18-,19-,21+,23?,24+,28+/m1/s1. The van der Waals surface area contributed by atoms with Gasteiger partial charge in [-0.25, -0.2) is 9.59 Å². The minimum atomic E-state index is -0.660. The first kappa shape index (κ1) is 28.7. The normalized spacial score (nSPS) is 32.2. The monoisotopic (exact) mass is 575 g/mol. The van der Waals surface area contributed by atoms with Gasteiger partial charge in [-0.05, 0) is 86.8 Å². The molecule has 1 aromatic rings. The molecule has 1 aliphatic heterocycles. The molecule has 3 fully saturated rings. The van der Waals surface area contributed by atoms with E-state index in [1.54, 1.807) is 26.0 Å². The third kappa shape index (κ3) is 5.27. The molecule has 0 aromatic heterocycles. The lowest BCUT2D eigenvalue weighted by Crippen LogP contribution is -2.47. The van der Waals surface area contributed by atoms with Gasteiger partial charge in [0.15, 0.2) is 0 Å². The van der Waals surface area contributed by atoms with Crippen molar-refractivity contribution in [3.63, 3.8) is 0 Å². The van der Waals surface area contributed by atoms with Crippen LogP contribution >= 0.6 is 11.9 Å². The number of rotatable bonds is 9. The number of aromatic hydroxyl groups is 1. The van der Waals surface area contributed by atoms with E-state index in [0.29, 0.717) is 29.9 Å². The van der Waals surface area contributed by atoms with Crippen LogP contribution in [-0.2, 0) is 19.1 Å². The fraction of sp³-hybridized carbons (Fsp3) is 0.679. The van der Waals surface area contributed by atoms with Crippen LogP contribution in [0.5, 0.6) is 5.75 Å². The van der Waals surface area contributed by atoms with Gasteiger partial charge in [-0.15, -0.1) is 4.91 Å². The van der Waals surface area contributed by atoms with E-state index >= 15 is 0 Å². The maximum atomic E-state index is 12.4. The molecule has 1 aromatic carbocycles. The highest BCUT2D eigenvalue weighted by Crippen LogP contribution is 2.61. The summed E-state index contributed by atoms with van der Waals surface area (Å²) < 4.78 is 12.6. The number of nitroso groups, excluding NO2 is 1. The van der Waals surface area contributed by atoms with Crippen LogP contribution in [0, 0.1) is 22.2 Å². The second-order valence-corrected chi connectivity index (χ2v) is 13.5. The van der Waals surface area contributed by atoms with Crippen LogP contribution in [0.25, 0.3) is 0 Å². The molecular weight excluding hydrogens is 538 g/mol. The molecule has 0 spiro atoms. The molecular formula is C28H37N3O8S. The lowest BCUT2D eigenvalue weighted by Gasteiger charge is -2.50. The topological polar surface area (TPSA) is 147 Å². The smallest absolute Gasteiger partial charge is 0.410 e. The Labute approximate surface area is 237 Å². The molecule has 12 heteroatoms. The van der Waals surface area contributed by atoms with Gasteiger partial charge in [0.25, 0.3) is 0 Å². The van der Waals surface area contributed by atoms with Gasteiger partial charge >= 0.3 is 12.1 Å². The van der Waals surface area contributed by atoms with Gasteiger partial charge in [0.2, 0.25) is 6.61 Å². The zero-order valence-electron chi connectivity index (χ0n) is 23.1. The van der Waals surface area contributed by atoms with E-state index in [1.165, 1.54) is 4.90 Å². The van der Waals surface area contributed by atoms with Gasteiger partial charge in [0.05, 0.1) is 29.1 Å². The van der Waals surface area contributed by atoms with Crippen LogP contribution in [0.15, 0.2) is 27.9 Å². The number of phenols is 1. The minimum Gasteiger partial charge on any atom is -0.508 e. The largest absolute Gasteiger partial charge is 0.508 e. The summed E-state index contributed by atoms with van der Waals surface area (Å²) in [6.45, 7) is 5.55. The fourth-order valence-corrected chi connectivity index (χ4v) is 7.87. The Morgan fingerprint density at radius 3 is 2.88 bits per heavy atom. The van der Waals surface area contributed by atoms with Gasteiger partial charge in [-0.2, -0.15) is 0 Å². The number of nitrogens with zero attached hydrogens (tertiary/aromatic N) is 3. The zero-order chi connectivity index (χ0) is 28.7. The number of phenolic OH excluding ortho intramolecular Hbond substituents is 1. The Bertz CT molecular complexity index is 1190. The Balaban J connectivity index is 1.21. The van der Waals surface area contributed by atoms with E-state index in [0.717, 1.165) is 48.8 Å². The first-order valence-corrected chi connectivity index (χ1v) is 14.6. The third-order valence-electron chi connectivity index (χ3n) is 9.57. The van der Waals surface area contributed by atoms with Crippen molar-refractivity contribution >= 4 is 29.7 Å². The molecule has 4 aliphatic rings. The van der Waals surface area contributed by atoms with Gasteiger partial charge in [-0.3, -0.25) is 4.90 Å². The highest BCUT2D eigenvalue weighted by atomic mass is 32.2. The van der Waals surface area contributed by atoms with Crippen molar-refractivity contribution < 1.29 is 34.1 Å². The summed E-state index contributed by atoms with van der Waals surface area (Å²) in [5.41, 5.74) is 2.53. The summed E-state index contributed by atoms with van der Waals surface area (Å²) in [7, 11) is 0. The number of aliphatic hydroxyl groups is 1. The SMILES string of the molecule is CC(C)(SN=O)C1COC(=O)N1CCOC(=O)CON=C1C[C@@H]2[C@H](CC[C@]3(C)[C@@H](O)CC[C@@H]23)c2ccc(O)cc21. The fourth-order valence-electron chi connectivity index (χ4n) is 7.36. The number of fused-ring (bicyclic) bond motifs is 5. The molecule has 1 heterocycles. The second-order valence-electron chi connectivity index (χ2n) is 12.1. The van der Waals surface area contributed by atoms with Gasteiger partial charge < -0.3 is 24.5 Å². The van der Waals surface area contributed by atoms with Crippen LogP contribution in [0.4, 0.5) is 4.79 Å². The average molecular weight is 576 g/mol. The predicted octanol–water partition coefficient (Wildman–Crippen LogP) is 4.34. The van der Waals surface area contributed by atoms with Crippen LogP contribution in [0.3, 0.4) is 0 Å². The van der Waals surface area contributed by atoms with Crippen LogP contribution < -0.4 is 0 Å². The summed E-state index contributed by atoms with van der Waals surface area (Å²) >= 11 is 0.834. The van der Waals surface area contributed by atoms with Crippen molar-refractivity contribution in [2.45, 2.75) is 75.7 Å². The van der Waals surface area contributed by atoms with Crippen LogP contribution in [0.1, 0.15) is 69.9 Å². The molecule has 2 saturated carbocycles. The van der Waals surface area contributed by atoms with E-state index in [4.69, 9.17) is 14.3 Å². The molecule has 40 heavy (non-hydrogen) atoms. The molecule has 2 N–H and O–H groups in total. The molecule has 1 saturated heterocycles. The molecule has 218 valence electrons. The first-order chi connectivity index (χ1) is 19.0. The summed E-state index contributed by atoms with van der Waals surface area (Å²) in [5.74, 6) is 0.503. The van der Waals surface area contributed by atoms with Gasteiger partial charge in [0.1, 0.15) is 19.0 Å². The van der Waals surface area contributed by atoms with Crippen molar-refractivity contribution in [1.29, 1.82) is 0 Å². The van der Waals surface area contributed by atoms with Crippen molar-refractivity contribution in [2.24, 2.45) is 27.0 Å². The summed E-state index contributed by atoms with van der Waals surface area (Å²) in [4.78, 5) is 42.2. The van der Waals surface area contributed by atoms with Crippen molar-refractivity contribution in [3.05, 3.63) is 34.2 Å². The molecule has 0 radical (unpaired) electrons. The molecule has 11 nitrogen and oxygen atoms in total. The summed E-state index contributed by atoms with van der Waals surface area (Å²) in [5, 5.41) is 25.2. The lowest BCUT2D eigenvalue weighted by molar-refractivity contribution is -0.149. The van der Waals surface area contributed by atoms with Crippen LogP contribution in [0.2, 0.25) is 0 Å². The van der Waals surface area contributed by atoms with Crippen molar-refractivity contribution in [3.8, 4) is 5.75 Å². The third-order valence-corrected chi connectivity index (χ3v) is 10.4. The molecule has 5 rings (SSSR count). The molecule has 6 atom stereocenters. The van der Waals surface area contributed by atoms with E-state index in [-0.39, 0.29) is 37.0 Å². The number of aliphatic hydroxyl groups excluding tert-OH is 1. The maximum absolute atomic E-state index is 12.4. The number of hydrogen-bond donors (Lipinski definition) is 2. The van der Waals surface area contributed by atoms with Gasteiger partial charge in [0, 0.05) is 22.1 Å². The Morgan fingerprint density at radius 2 is 2.10 bits per heavy atom. The van der Waals surface area contributed by atoms with Crippen molar-refractivity contribution in [2.75, 3.05) is 26.4 Å². The Hall–Kier alpha value is -2.86. The molecule has 1 amide bonds. The molecule has 1 unspecified atom stereocenters. The predicted molar refractivity (Wildman–Crippen MR) is 148 cm³/mol. The number of cyclic esters (lactones) is 1. The highest BCUT2D eigenvalue weighted by Gasteiger charge is 2.55. The van der Waals surface area contributed by atoms with E-state index in [2.05, 4.69) is 16.7 Å². The number of oxime groups is 1. The van der Waals surface area contributed by atoms with Crippen LogP contribution in [-0.4, -0.2) is 76.1 Å². The minimum absolute atomic E-state index is 0.0668. The number of carbonyl (C=O) groups is 2. The Morgan fingerprint density at radius 1 is 1.30 bits per heavy atom. The quantitative estimate of drug-likeness (QED) is 0.190. The first-order valence-electron chi connectivity index (χ1n) is 13.8. The second kappa shape index (κ2) is 11.2. The van der Waals surface area contributed by atoms with E-state index < -0.39 is 29.5 Å². The highest BCUT2D eigenvalue weighted by molar-refractivity contribution is 7.99. The summed E-state index contributed by atoms with van der Waals surface area (Å²) in [6, 6.07) is 4.97. The number of benzene rings is 1. The number of esters is 1. The number of carbonyl (C=O) groups excluding carboxylic acids is 2. The Kier molecular flexibility index (Phi) is 8.02. The number of amides is 1. The van der Waals surface area contributed by atoms with E-state index in [9.17, 15) is 24.7 Å². The lowest BCUT2D eigenvalue weighted by atomic mass is 9.55. The summed E-state index contributed by atoms with van der Waals surface area (Å²) in [6.07, 6.45) is 3.53. The van der Waals surface area contributed by atoms with Crippen molar-refractivity contribution in [1.82, 2.24) is 4.90 Å². The van der Waals surface area contributed by atoms with Gasteiger partial charge in [-0.1, -0.05) is 18.1 Å². The number of hydrogen-bond acceptors (Lipinski definition) is 11. The average Bonchev–Trinajstić information content (AvgIpc) is 3.43.